The Balaban J connectivity index is 1.85. The van der Waals surface area contributed by atoms with E-state index in [-0.39, 0.29) is 12.1 Å². The molecule has 3 aromatic rings. The fourth-order valence-electron chi connectivity index (χ4n) is 3.49. The number of aromatic amines is 1. The van der Waals surface area contributed by atoms with Crippen molar-refractivity contribution >= 4 is 17.3 Å². The van der Waals surface area contributed by atoms with E-state index in [1.165, 1.54) is 0 Å². The molecule has 6 heteroatoms. The molecule has 156 valence electrons. The zero-order chi connectivity index (χ0) is 21.5. The standard InChI is InChI=1S/C24H27N3O3/c1-3-27(4-2)20-10-7-9-18(15-20)22-13-12-19(24(30)26-22)14-17-8-5-6-11-21(17)25-16-23(28)29/h5-13,15,25H,3-4,14,16H2,1-2H3,(H,26,30)(H,28,29). The normalized spacial score (nSPS) is 10.6. The average Bonchev–Trinajstić information content (AvgIpc) is 2.75. The summed E-state index contributed by atoms with van der Waals surface area (Å²) in [5.74, 6) is -0.932. The molecule has 0 saturated heterocycles. The lowest BCUT2D eigenvalue weighted by Gasteiger charge is -2.21. The van der Waals surface area contributed by atoms with Crippen LogP contribution in [-0.4, -0.2) is 35.7 Å². The zero-order valence-electron chi connectivity index (χ0n) is 17.3. The second kappa shape index (κ2) is 9.78. The minimum Gasteiger partial charge on any atom is -0.480 e. The first kappa shape index (κ1) is 21.2. The number of nitrogens with one attached hydrogen (secondary N) is 2. The van der Waals surface area contributed by atoms with Crippen molar-refractivity contribution in [1.29, 1.82) is 0 Å². The summed E-state index contributed by atoms with van der Waals surface area (Å²) in [5, 5.41) is 11.8. The lowest BCUT2D eigenvalue weighted by atomic mass is 10.0. The number of aromatic nitrogens is 1. The van der Waals surface area contributed by atoms with E-state index in [0.717, 1.165) is 41.3 Å². The third-order valence-electron chi connectivity index (χ3n) is 5.11. The second-order valence-corrected chi connectivity index (χ2v) is 7.03. The van der Waals surface area contributed by atoms with Gasteiger partial charge in [-0.25, -0.2) is 0 Å². The molecule has 0 spiro atoms. The van der Waals surface area contributed by atoms with Crippen LogP contribution < -0.4 is 15.8 Å². The van der Waals surface area contributed by atoms with Crippen LogP contribution in [0.2, 0.25) is 0 Å². The van der Waals surface area contributed by atoms with Gasteiger partial charge < -0.3 is 20.3 Å². The number of anilines is 2. The molecule has 0 amide bonds. The summed E-state index contributed by atoms with van der Waals surface area (Å²) >= 11 is 0. The van der Waals surface area contributed by atoms with Gasteiger partial charge in [-0.15, -0.1) is 0 Å². The van der Waals surface area contributed by atoms with Crippen molar-refractivity contribution in [3.05, 3.63) is 82.1 Å². The van der Waals surface area contributed by atoms with Crippen molar-refractivity contribution in [2.45, 2.75) is 20.3 Å². The Hall–Kier alpha value is -3.54. The van der Waals surface area contributed by atoms with Crippen LogP contribution in [0.1, 0.15) is 25.0 Å². The number of H-pyrrole nitrogens is 1. The number of carbonyl (C=O) groups is 1. The van der Waals surface area contributed by atoms with Gasteiger partial charge in [0.15, 0.2) is 0 Å². The Bertz CT molecular complexity index is 1070. The van der Waals surface area contributed by atoms with Crippen molar-refractivity contribution in [1.82, 2.24) is 4.98 Å². The predicted octanol–water partition coefficient (Wildman–Crippen LogP) is 3.98. The van der Waals surface area contributed by atoms with Crippen LogP contribution in [0.4, 0.5) is 11.4 Å². The molecule has 3 rings (SSSR count). The average molecular weight is 405 g/mol. The van der Waals surface area contributed by atoms with Crippen LogP contribution in [0.25, 0.3) is 11.3 Å². The molecule has 6 nitrogen and oxygen atoms in total. The molecule has 0 atom stereocenters. The third-order valence-corrected chi connectivity index (χ3v) is 5.11. The van der Waals surface area contributed by atoms with Gasteiger partial charge in [-0.1, -0.05) is 36.4 Å². The van der Waals surface area contributed by atoms with Crippen molar-refractivity contribution < 1.29 is 9.90 Å². The Kier molecular flexibility index (Phi) is 6.91. The topological polar surface area (TPSA) is 85.4 Å². The molecule has 0 unspecified atom stereocenters. The number of benzene rings is 2. The third kappa shape index (κ3) is 5.08. The lowest BCUT2D eigenvalue weighted by Crippen LogP contribution is -2.21. The number of rotatable bonds is 9. The summed E-state index contributed by atoms with van der Waals surface area (Å²) in [4.78, 5) is 28.9. The van der Waals surface area contributed by atoms with E-state index in [1.54, 1.807) is 0 Å². The number of carboxylic acids is 1. The SMILES string of the molecule is CCN(CC)c1cccc(-c2ccc(Cc3ccccc3NCC(=O)O)c(=O)[nH]2)c1. The Morgan fingerprint density at radius 3 is 2.47 bits per heavy atom. The maximum absolute atomic E-state index is 12.7. The van der Waals surface area contributed by atoms with Gasteiger partial charge in [-0.3, -0.25) is 9.59 Å². The van der Waals surface area contributed by atoms with Crippen LogP contribution in [-0.2, 0) is 11.2 Å². The minimum absolute atomic E-state index is 0.145. The first-order valence-electron chi connectivity index (χ1n) is 10.1. The van der Waals surface area contributed by atoms with Crippen molar-refractivity contribution in [2.24, 2.45) is 0 Å². The van der Waals surface area contributed by atoms with E-state index in [0.29, 0.717) is 12.0 Å². The maximum atomic E-state index is 12.7. The predicted molar refractivity (Wildman–Crippen MR) is 121 cm³/mol. The first-order chi connectivity index (χ1) is 14.5. The zero-order valence-corrected chi connectivity index (χ0v) is 17.3. The molecular weight excluding hydrogens is 378 g/mol. The van der Waals surface area contributed by atoms with Crippen molar-refractivity contribution in [3.8, 4) is 11.3 Å². The molecular formula is C24H27N3O3. The fraction of sp³-hybridized carbons (Fsp3) is 0.250. The molecule has 3 N–H and O–H groups in total. The van der Waals surface area contributed by atoms with E-state index in [1.807, 2.05) is 48.5 Å². The molecule has 0 aliphatic carbocycles. The smallest absolute Gasteiger partial charge is 0.322 e. The van der Waals surface area contributed by atoms with Crippen LogP contribution in [0, 0.1) is 0 Å². The summed E-state index contributed by atoms with van der Waals surface area (Å²) in [6.45, 7) is 5.91. The lowest BCUT2D eigenvalue weighted by molar-refractivity contribution is -0.134. The molecule has 30 heavy (non-hydrogen) atoms. The summed E-state index contributed by atoms with van der Waals surface area (Å²) in [6.07, 6.45) is 0.415. The molecule has 2 aromatic carbocycles. The van der Waals surface area contributed by atoms with Gasteiger partial charge in [-0.05, 0) is 43.7 Å². The molecule has 0 fully saturated rings. The van der Waals surface area contributed by atoms with E-state index in [2.05, 4.69) is 41.2 Å². The molecule has 1 heterocycles. The van der Waals surface area contributed by atoms with Crippen molar-refractivity contribution in [2.75, 3.05) is 29.9 Å². The molecule has 0 aliphatic heterocycles. The molecule has 1 aromatic heterocycles. The number of hydrogen-bond donors (Lipinski definition) is 3. The number of nitrogens with zero attached hydrogens (tertiary/aromatic N) is 1. The second-order valence-electron chi connectivity index (χ2n) is 7.03. The van der Waals surface area contributed by atoms with Gasteiger partial charge in [0, 0.05) is 47.7 Å². The molecule has 0 bridgehead atoms. The molecule has 0 aliphatic rings. The van der Waals surface area contributed by atoms with E-state index in [9.17, 15) is 9.59 Å². The van der Waals surface area contributed by atoms with E-state index in [4.69, 9.17) is 5.11 Å². The largest absolute Gasteiger partial charge is 0.480 e. The van der Waals surface area contributed by atoms with Gasteiger partial charge in [0.1, 0.15) is 6.54 Å². The van der Waals surface area contributed by atoms with Crippen LogP contribution in [0.15, 0.2) is 65.5 Å². The first-order valence-corrected chi connectivity index (χ1v) is 10.1. The van der Waals surface area contributed by atoms with Gasteiger partial charge in [0.2, 0.25) is 0 Å². The quantitative estimate of drug-likeness (QED) is 0.501. The number of pyridine rings is 1. The monoisotopic (exact) mass is 405 g/mol. The fourth-order valence-corrected chi connectivity index (χ4v) is 3.49. The summed E-state index contributed by atoms with van der Waals surface area (Å²) in [6, 6.07) is 19.3. The van der Waals surface area contributed by atoms with Crippen LogP contribution >= 0.6 is 0 Å². The highest BCUT2D eigenvalue weighted by Gasteiger charge is 2.10. The Morgan fingerprint density at radius 1 is 1.00 bits per heavy atom. The van der Waals surface area contributed by atoms with Crippen LogP contribution in [0.3, 0.4) is 0 Å². The highest BCUT2D eigenvalue weighted by Crippen LogP contribution is 2.24. The highest BCUT2D eigenvalue weighted by molar-refractivity contribution is 5.73. The summed E-state index contributed by atoms with van der Waals surface area (Å²) < 4.78 is 0. The minimum atomic E-state index is -0.932. The van der Waals surface area contributed by atoms with E-state index < -0.39 is 5.97 Å². The number of carboxylic acid groups (broad SMARTS) is 1. The van der Waals surface area contributed by atoms with Gasteiger partial charge in [0.25, 0.3) is 5.56 Å². The van der Waals surface area contributed by atoms with Gasteiger partial charge in [-0.2, -0.15) is 0 Å². The number of aliphatic carboxylic acids is 1. The van der Waals surface area contributed by atoms with E-state index >= 15 is 0 Å². The van der Waals surface area contributed by atoms with Crippen LogP contribution in [0.5, 0.6) is 0 Å². The highest BCUT2D eigenvalue weighted by atomic mass is 16.4. The summed E-state index contributed by atoms with van der Waals surface area (Å²) in [5.41, 5.74) is 4.94. The molecule has 0 saturated carbocycles. The summed E-state index contributed by atoms with van der Waals surface area (Å²) in [7, 11) is 0. The maximum Gasteiger partial charge on any atom is 0.322 e. The van der Waals surface area contributed by atoms with Gasteiger partial charge in [0.05, 0.1) is 0 Å². The Labute approximate surface area is 176 Å². The number of hydrogen-bond acceptors (Lipinski definition) is 4. The van der Waals surface area contributed by atoms with Gasteiger partial charge >= 0.3 is 5.97 Å². The molecule has 0 radical (unpaired) electrons. The number of para-hydroxylation sites is 1. The van der Waals surface area contributed by atoms with Crippen molar-refractivity contribution in [3.63, 3.8) is 0 Å². The Morgan fingerprint density at radius 2 is 1.77 bits per heavy atom.